The van der Waals surface area contributed by atoms with Gasteiger partial charge in [0.25, 0.3) is 0 Å². The van der Waals surface area contributed by atoms with E-state index in [9.17, 15) is 9.18 Å². The van der Waals surface area contributed by atoms with Crippen LogP contribution < -0.4 is 0 Å². The third-order valence-electron chi connectivity index (χ3n) is 2.11. The zero-order valence-electron chi connectivity index (χ0n) is 8.14. The molecular formula is C11H4BrCl2FO2. The SMILES string of the molecule is O=Cc1ccc(-c2cc(Cl)c(F)c(Cl)c2Br)o1. The molecule has 0 radical (unpaired) electrons. The van der Waals surface area contributed by atoms with Gasteiger partial charge >= 0.3 is 0 Å². The molecule has 0 N–H and O–H groups in total. The Kier molecular flexibility index (Phi) is 3.56. The molecule has 0 bridgehead atoms. The summed E-state index contributed by atoms with van der Waals surface area (Å²) in [5, 5.41) is -0.242. The molecule has 0 atom stereocenters. The molecule has 0 amide bonds. The number of carbonyl (C=O) groups is 1. The van der Waals surface area contributed by atoms with Gasteiger partial charge in [-0.1, -0.05) is 23.2 Å². The van der Waals surface area contributed by atoms with Gasteiger partial charge in [-0.25, -0.2) is 4.39 Å². The second-order valence-corrected chi connectivity index (χ2v) is 4.75. The minimum absolute atomic E-state index is 0.114. The van der Waals surface area contributed by atoms with Crippen LogP contribution in [0.5, 0.6) is 0 Å². The lowest BCUT2D eigenvalue weighted by molar-refractivity contribution is 0.110. The molecule has 17 heavy (non-hydrogen) atoms. The van der Waals surface area contributed by atoms with Crippen molar-refractivity contribution in [2.75, 3.05) is 0 Å². The summed E-state index contributed by atoms with van der Waals surface area (Å²) in [5.74, 6) is -0.155. The van der Waals surface area contributed by atoms with Crippen LogP contribution in [0.25, 0.3) is 11.3 Å². The fraction of sp³-hybridized carbons (Fsp3) is 0. The highest BCUT2D eigenvalue weighted by Crippen LogP contribution is 2.39. The molecule has 0 saturated heterocycles. The number of halogens is 4. The first-order valence-electron chi connectivity index (χ1n) is 4.43. The summed E-state index contributed by atoms with van der Waals surface area (Å²) in [6.45, 7) is 0. The predicted molar refractivity (Wildman–Crippen MR) is 67.2 cm³/mol. The van der Waals surface area contributed by atoms with Crippen LogP contribution in [-0.2, 0) is 0 Å². The van der Waals surface area contributed by atoms with Crippen LogP contribution in [0.15, 0.2) is 27.1 Å². The summed E-state index contributed by atoms with van der Waals surface area (Å²) in [7, 11) is 0. The average Bonchev–Trinajstić information content (AvgIpc) is 2.79. The van der Waals surface area contributed by atoms with Gasteiger partial charge in [0.2, 0.25) is 0 Å². The molecule has 2 nitrogen and oxygen atoms in total. The molecule has 0 aliphatic heterocycles. The molecule has 0 aliphatic rings. The largest absolute Gasteiger partial charge is 0.453 e. The van der Waals surface area contributed by atoms with Gasteiger partial charge in [-0.3, -0.25) is 4.79 Å². The molecule has 0 aliphatic carbocycles. The summed E-state index contributed by atoms with van der Waals surface area (Å²) in [4.78, 5) is 10.5. The highest BCUT2D eigenvalue weighted by atomic mass is 79.9. The van der Waals surface area contributed by atoms with E-state index in [0.29, 0.717) is 22.1 Å². The number of rotatable bonds is 2. The predicted octanol–water partition coefficient (Wildman–Crippen LogP) is 4.97. The third-order valence-corrected chi connectivity index (χ3v) is 3.79. The van der Waals surface area contributed by atoms with Gasteiger partial charge in [-0.15, -0.1) is 0 Å². The summed E-state index contributed by atoms with van der Waals surface area (Å²) < 4.78 is 18.9. The van der Waals surface area contributed by atoms with E-state index in [1.807, 2.05) is 0 Å². The lowest BCUT2D eigenvalue weighted by atomic mass is 10.2. The lowest BCUT2D eigenvalue weighted by Crippen LogP contribution is -1.86. The molecule has 88 valence electrons. The Morgan fingerprint density at radius 1 is 1.35 bits per heavy atom. The van der Waals surface area contributed by atoms with Crippen LogP contribution in [0.4, 0.5) is 4.39 Å². The Morgan fingerprint density at radius 3 is 2.65 bits per heavy atom. The van der Waals surface area contributed by atoms with E-state index < -0.39 is 5.82 Å². The van der Waals surface area contributed by atoms with E-state index in [0.717, 1.165) is 0 Å². The maximum Gasteiger partial charge on any atom is 0.185 e. The first-order valence-corrected chi connectivity index (χ1v) is 5.98. The van der Waals surface area contributed by atoms with Gasteiger partial charge in [0.15, 0.2) is 17.9 Å². The average molecular weight is 338 g/mol. The number of hydrogen-bond acceptors (Lipinski definition) is 2. The molecule has 0 saturated carbocycles. The Bertz CT molecular complexity index is 595. The molecule has 2 rings (SSSR count). The van der Waals surface area contributed by atoms with Gasteiger partial charge in [0, 0.05) is 5.56 Å². The van der Waals surface area contributed by atoms with Crippen molar-refractivity contribution in [2.45, 2.75) is 0 Å². The Hall–Kier alpha value is -0.840. The molecule has 0 unspecified atom stereocenters. The second kappa shape index (κ2) is 4.80. The van der Waals surface area contributed by atoms with Gasteiger partial charge < -0.3 is 4.42 Å². The molecule has 1 aromatic carbocycles. The van der Waals surface area contributed by atoms with Crippen molar-refractivity contribution in [2.24, 2.45) is 0 Å². The quantitative estimate of drug-likeness (QED) is 0.440. The standard InChI is InChI=1S/C11H4BrCl2FO2/c12-9-6(3-7(13)11(15)10(9)14)8-2-1-5(4-16)17-8/h1-4H. The number of hydrogen-bond donors (Lipinski definition) is 0. The van der Waals surface area contributed by atoms with Crippen molar-refractivity contribution in [3.05, 3.63) is 44.3 Å². The van der Waals surface area contributed by atoms with Crippen molar-refractivity contribution in [3.8, 4) is 11.3 Å². The minimum Gasteiger partial charge on any atom is -0.453 e. The first-order chi connectivity index (χ1) is 8.04. The summed E-state index contributed by atoms with van der Waals surface area (Å²) in [6.07, 6.45) is 0.574. The zero-order valence-corrected chi connectivity index (χ0v) is 11.2. The summed E-state index contributed by atoms with van der Waals surface area (Å²) >= 11 is 14.6. The lowest BCUT2D eigenvalue weighted by Gasteiger charge is -2.06. The number of benzene rings is 1. The van der Waals surface area contributed by atoms with Crippen molar-refractivity contribution in [1.82, 2.24) is 0 Å². The van der Waals surface area contributed by atoms with E-state index in [-0.39, 0.29) is 15.8 Å². The van der Waals surface area contributed by atoms with Crippen LogP contribution in [-0.4, -0.2) is 6.29 Å². The molecule has 1 aromatic heterocycles. The molecule has 1 heterocycles. The maximum atomic E-state index is 13.4. The monoisotopic (exact) mass is 336 g/mol. The van der Waals surface area contributed by atoms with E-state index in [1.165, 1.54) is 12.1 Å². The highest BCUT2D eigenvalue weighted by molar-refractivity contribution is 9.10. The zero-order chi connectivity index (χ0) is 12.6. The van der Waals surface area contributed by atoms with Crippen LogP contribution >= 0.6 is 39.1 Å². The normalized spacial score (nSPS) is 10.6. The van der Waals surface area contributed by atoms with Crippen LogP contribution in [0.3, 0.4) is 0 Å². The van der Waals surface area contributed by atoms with Gasteiger partial charge in [0.05, 0.1) is 14.5 Å². The smallest absolute Gasteiger partial charge is 0.185 e. The number of aldehydes is 1. The van der Waals surface area contributed by atoms with Crippen molar-refractivity contribution >= 4 is 45.4 Å². The van der Waals surface area contributed by atoms with Crippen LogP contribution in [0.2, 0.25) is 10.0 Å². The topological polar surface area (TPSA) is 30.2 Å². The number of furan rings is 1. The van der Waals surface area contributed by atoms with Crippen LogP contribution in [0, 0.1) is 5.82 Å². The van der Waals surface area contributed by atoms with Crippen LogP contribution in [0.1, 0.15) is 10.6 Å². The van der Waals surface area contributed by atoms with E-state index in [2.05, 4.69) is 15.9 Å². The highest BCUT2D eigenvalue weighted by Gasteiger charge is 2.17. The van der Waals surface area contributed by atoms with Gasteiger partial charge in [-0.05, 0) is 34.1 Å². The molecular weight excluding hydrogens is 334 g/mol. The van der Waals surface area contributed by atoms with E-state index in [1.54, 1.807) is 6.07 Å². The fourth-order valence-corrected chi connectivity index (χ4v) is 2.25. The second-order valence-electron chi connectivity index (χ2n) is 3.17. The Balaban J connectivity index is 2.63. The Morgan fingerprint density at radius 2 is 2.06 bits per heavy atom. The first kappa shape index (κ1) is 12.6. The summed E-state index contributed by atoms with van der Waals surface area (Å²) in [6, 6.07) is 4.45. The van der Waals surface area contributed by atoms with Crippen molar-refractivity contribution in [1.29, 1.82) is 0 Å². The fourth-order valence-electron chi connectivity index (χ4n) is 1.31. The van der Waals surface area contributed by atoms with E-state index >= 15 is 0 Å². The maximum absolute atomic E-state index is 13.4. The van der Waals surface area contributed by atoms with E-state index in [4.69, 9.17) is 27.6 Å². The molecule has 0 spiro atoms. The summed E-state index contributed by atoms with van der Waals surface area (Å²) in [5.41, 5.74) is 0.481. The molecule has 0 fully saturated rings. The Labute approximate surface area is 114 Å². The third kappa shape index (κ3) is 2.25. The minimum atomic E-state index is -0.703. The van der Waals surface area contributed by atoms with Gasteiger partial charge in [-0.2, -0.15) is 0 Å². The van der Waals surface area contributed by atoms with Crippen molar-refractivity contribution in [3.63, 3.8) is 0 Å². The van der Waals surface area contributed by atoms with Gasteiger partial charge in [0.1, 0.15) is 5.76 Å². The molecule has 6 heteroatoms. The molecule has 2 aromatic rings. The number of carbonyl (C=O) groups excluding carboxylic acids is 1. The van der Waals surface area contributed by atoms with Crippen molar-refractivity contribution < 1.29 is 13.6 Å².